The number of aromatic nitrogens is 2. The molecular formula is C21H17ClFN5O4. The Morgan fingerprint density at radius 3 is 2.44 bits per heavy atom. The number of aliphatic imine (C=N–C) groups is 1. The average molecular weight is 458 g/mol. The van der Waals surface area contributed by atoms with Crippen LogP contribution >= 0.6 is 11.6 Å². The molecule has 1 aliphatic heterocycles. The van der Waals surface area contributed by atoms with E-state index in [2.05, 4.69) is 25.6 Å². The van der Waals surface area contributed by atoms with Gasteiger partial charge in [0.25, 0.3) is 11.8 Å². The van der Waals surface area contributed by atoms with Crippen LogP contribution in [0.15, 0.2) is 65.0 Å². The van der Waals surface area contributed by atoms with Crippen molar-refractivity contribution in [2.24, 2.45) is 10.1 Å². The third kappa shape index (κ3) is 4.76. The van der Waals surface area contributed by atoms with Crippen LogP contribution in [-0.2, 0) is 9.68 Å². The maximum absolute atomic E-state index is 15.1. The molecule has 0 aliphatic carbocycles. The lowest BCUT2D eigenvalue weighted by Crippen LogP contribution is -2.37. The third-order valence-corrected chi connectivity index (χ3v) is 4.47. The van der Waals surface area contributed by atoms with E-state index >= 15 is 4.39 Å². The van der Waals surface area contributed by atoms with Gasteiger partial charge in [-0.05, 0) is 24.3 Å². The first kappa shape index (κ1) is 21.5. The van der Waals surface area contributed by atoms with Gasteiger partial charge in [-0.15, -0.1) is 0 Å². The van der Waals surface area contributed by atoms with Crippen molar-refractivity contribution in [3.8, 4) is 23.3 Å². The van der Waals surface area contributed by atoms with Gasteiger partial charge in [-0.3, -0.25) is 9.83 Å². The predicted molar refractivity (Wildman–Crippen MR) is 115 cm³/mol. The molecule has 0 saturated carbocycles. The number of ether oxygens (including phenoxy) is 2. The third-order valence-electron chi connectivity index (χ3n) is 4.16. The van der Waals surface area contributed by atoms with Gasteiger partial charge >= 0.3 is 0 Å². The van der Waals surface area contributed by atoms with Gasteiger partial charge in [0.15, 0.2) is 11.5 Å². The summed E-state index contributed by atoms with van der Waals surface area (Å²) >= 11 is 6.08. The second-order valence-electron chi connectivity index (χ2n) is 6.23. The number of nitrogens with one attached hydrogen (secondary N) is 1. The van der Waals surface area contributed by atoms with Crippen LogP contribution < -0.4 is 15.0 Å². The number of para-hydroxylation sites is 2. The minimum atomic E-state index is -0.899. The number of rotatable bonds is 7. The van der Waals surface area contributed by atoms with Crippen LogP contribution in [0.3, 0.4) is 0 Å². The van der Waals surface area contributed by atoms with Crippen molar-refractivity contribution >= 4 is 23.1 Å². The lowest BCUT2D eigenvalue weighted by Gasteiger charge is -2.17. The molecule has 9 nitrogen and oxygen atoms in total. The molecule has 1 N–H and O–H groups in total. The lowest BCUT2D eigenvalue weighted by molar-refractivity contribution is 0.0836. The molecule has 0 radical (unpaired) electrons. The van der Waals surface area contributed by atoms with E-state index in [9.17, 15) is 0 Å². The molecule has 1 aromatic heterocycles. The van der Waals surface area contributed by atoms with E-state index in [0.717, 1.165) is 6.33 Å². The Morgan fingerprint density at radius 2 is 1.75 bits per heavy atom. The number of nitrogens with zero attached hydrogens (tertiary/aromatic N) is 4. The summed E-state index contributed by atoms with van der Waals surface area (Å²) in [5, 5.41) is 4.33. The number of benzene rings is 2. The van der Waals surface area contributed by atoms with Crippen LogP contribution in [-0.4, -0.2) is 41.8 Å². The highest BCUT2D eigenvalue weighted by Crippen LogP contribution is 2.33. The average Bonchev–Trinajstić information content (AvgIpc) is 2.82. The Kier molecular flexibility index (Phi) is 6.73. The fourth-order valence-corrected chi connectivity index (χ4v) is 2.93. The van der Waals surface area contributed by atoms with E-state index in [1.165, 1.54) is 7.11 Å². The Labute approximate surface area is 187 Å². The van der Waals surface area contributed by atoms with Crippen LogP contribution in [0.4, 0.5) is 4.39 Å². The van der Waals surface area contributed by atoms with Gasteiger partial charge in [0.2, 0.25) is 5.82 Å². The highest BCUT2D eigenvalue weighted by molar-refractivity contribution is 6.47. The summed E-state index contributed by atoms with van der Waals surface area (Å²) < 4.78 is 26.4. The maximum Gasteiger partial charge on any atom is 0.263 e. The zero-order valence-electron chi connectivity index (χ0n) is 16.8. The highest BCUT2D eigenvalue weighted by Gasteiger charge is 2.22. The van der Waals surface area contributed by atoms with Gasteiger partial charge in [-0.25, -0.2) is 5.48 Å². The number of halogens is 2. The molecule has 0 atom stereocenters. The summed E-state index contributed by atoms with van der Waals surface area (Å²) in [6, 6.07) is 13.5. The lowest BCUT2D eigenvalue weighted by atomic mass is 10.1. The van der Waals surface area contributed by atoms with E-state index < -0.39 is 5.82 Å². The summed E-state index contributed by atoms with van der Waals surface area (Å²) in [7, 11) is 1.40. The summed E-state index contributed by atoms with van der Waals surface area (Å²) in [5.41, 5.74) is 3.48. The number of hydrogen-bond acceptors (Lipinski definition) is 9. The number of amidine groups is 1. The van der Waals surface area contributed by atoms with Crippen molar-refractivity contribution < 1.29 is 23.5 Å². The normalized spacial score (nSPS) is 13.7. The summed E-state index contributed by atoms with van der Waals surface area (Å²) in [4.78, 5) is 22.3. The molecule has 0 fully saturated rings. The second-order valence-corrected chi connectivity index (χ2v) is 6.64. The maximum atomic E-state index is 15.1. The fourth-order valence-electron chi connectivity index (χ4n) is 2.76. The minimum Gasteiger partial charge on any atom is -0.436 e. The first-order chi connectivity index (χ1) is 15.7. The van der Waals surface area contributed by atoms with Crippen LogP contribution in [0.5, 0.6) is 23.3 Å². The number of oxime groups is 1. The van der Waals surface area contributed by atoms with Crippen LogP contribution in [0, 0.1) is 5.82 Å². The Balaban J connectivity index is 1.66. The first-order valence-corrected chi connectivity index (χ1v) is 9.79. The van der Waals surface area contributed by atoms with Gasteiger partial charge < -0.3 is 14.3 Å². The van der Waals surface area contributed by atoms with Gasteiger partial charge in [0.1, 0.15) is 24.9 Å². The van der Waals surface area contributed by atoms with Gasteiger partial charge in [-0.1, -0.05) is 41.0 Å². The molecule has 164 valence electrons. The predicted octanol–water partition coefficient (Wildman–Crippen LogP) is 4.14. The van der Waals surface area contributed by atoms with Crippen molar-refractivity contribution in [3.63, 3.8) is 0 Å². The van der Waals surface area contributed by atoms with Crippen molar-refractivity contribution in [1.82, 2.24) is 15.4 Å². The molecule has 11 heteroatoms. The Bertz CT molecular complexity index is 1170. The first-order valence-electron chi connectivity index (χ1n) is 9.41. The molecule has 3 aromatic rings. The molecule has 0 saturated heterocycles. The molecule has 0 amide bonds. The monoisotopic (exact) mass is 457 g/mol. The minimum absolute atomic E-state index is 0.244. The largest absolute Gasteiger partial charge is 0.436 e. The molecule has 0 unspecified atom stereocenters. The molecule has 0 bridgehead atoms. The topological polar surface area (TPSA) is 99.5 Å². The van der Waals surface area contributed by atoms with Crippen molar-refractivity contribution in [2.45, 2.75) is 0 Å². The zero-order valence-corrected chi connectivity index (χ0v) is 17.5. The van der Waals surface area contributed by atoms with E-state index in [1.807, 2.05) is 0 Å². The van der Waals surface area contributed by atoms with Crippen LogP contribution in [0.25, 0.3) is 0 Å². The smallest absolute Gasteiger partial charge is 0.263 e. The molecule has 0 spiro atoms. The Morgan fingerprint density at radius 1 is 1.06 bits per heavy atom. The zero-order chi connectivity index (χ0) is 22.3. The number of hydroxylamine groups is 1. The second kappa shape index (κ2) is 10.0. The Hall–Kier alpha value is -3.76. The standard InChI is InChI=1S/C21H17ClFN5O4/c1-29-27-18(19-24-10-11-30-28-19)13-6-2-4-8-15(13)31-20-17(23)21(26-12-25-20)32-16-9-5-3-7-14(16)22/h2-9,12H,10-11H2,1H3,(H,24,28)/b27-18-. The van der Waals surface area contributed by atoms with E-state index in [0.29, 0.717) is 35.3 Å². The SMILES string of the molecule is CO/N=C(\C1=NCCON1)c1ccccc1Oc1ncnc(Oc2ccccc2Cl)c1F. The van der Waals surface area contributed by atoms with Crippen molar-refractivity contribution in [2.75, 3.05) is 20.3 Å². The van der Waals surface area contributed by atoms with Crippen LogP contribution in [0.1, 0.15) is 5.56 Å². The van der Waals surface area contributed by atoms with Gasteiger partial charge in [0, 0.05) is 0 Å². The van der Waals surface area contributed by atoms with E-state index in [-0.39, 0.29) is 23.3 Å². The van der Waals surface area contributed by atoms with Gasteiger partial charge in [0.05, 0.1) is 23.7 Å². The molecule has 4 rings (SSSR count). The molecule has 2 aromatic carbocycles. The van der Waals surface area contributed by atoms with E-state index in [4.69, 9.17) is 30.7 Å². The fraction of sp³-hybridized carbons (Fsp3) is 0.143. The number of hydrogen-bond donors (Lipinski definition) is 1. The molecule has 2 heterocycles. The highest BCUT2D eigenvalue weighted by atomic mass is 35.5. The molecule has 1 aliphatic rings. The van der Waals surface area contributed by atoms with Crippen molar-refractivity contribution in [3.05, 3.63) is 71.3 Å². The summed E-state index contributed by atoms with van der Waals surface area (Å²) in [5.74, 6) is -0.739. The summed E-state index contributed by atoms with van der Waals surface area (Å²) in [6.07, 6.45) is 1.12. The van der Waals surface area contributed by atoms with Gasteiger partial charge in [-0.2, -0.15) is 14.4 Å². The molecular weight excluding hydrogens is 441 g/mol. The van der Waals surface area contributed by atoms with E-state index in [1.54, 1.807) is 48.5 Å². The van der Waals surface area contributed by atoms with Crippen LogP contribution in [0.2, 0.25) is 5.02 Å². The van der Waals surface area contributed by atoms with Crippen molar-refractivity contribution in [1.29, 1.82) is 0 Å². The summed E-state index contributed by atoms with van der Waals surface area (Å²) in [6.45, 7) is 0.861. The quantitative estimate of drug-likeness (QED) is 0.420. The molecule has 32 heavy (non-hydrogen) atoms.